The zero-order valence-corrected chi connectivity index (χ0v) is 14.7. The highest BCUT2D eigenvalue weighted by Gasteiger charge is 2.20. The van der Waals surface area contributed by atoms with Crippen molar-refractivity contribution in [2.75, 3.05) is 13.1 Å². The van der Waals surface area contributed by atoms with Gasteiger partial charge < -0.3 is 9.47 Å². The number of nitrogens with zero attached hydrogens (tertiary/aromatic N) is 4. The second kappa shape index (κ2) is 5.73. The molecule has 4 rings (SSSR count). The Bertz CT molecular complexity index is 992. The molecular formula is C17H20N4O2S. The minimum absolute atomic E-state index is 0.0180. The average Bonchev–Trinajstić information content (AvgIpc) is 3.08. The summed E-state index contributed by atoms with van der Waals surface area (Å²) in [7, 11) is 1.90. The van der Waals surface area contributed by atoms with E-state index >= 15 is 0 Å². The number of carbonyl (C=O) groups is 1. The number of aromatic nitrogens is 3. The number of hydrogen-bond acceptors (Lipinski definition) is 4. The van der Waals surface area contributed by atoms with Crippen molar-refractivity contribution in [3.8, 4) is 0 Å². The molecule has 1 fully saturated rings. The van der Waals surface area contributed by atoms with E-state index in [1.807, 2.05) is 16.5 Å². The third-order valence-electron chi connectivity index (χ3n) is 4.79. The van der Waals surface area contributed by atoms with Crippen LogP contribution in [0.2, 0.25) is 0 Å². The number of aryl methyl sites for hydroxylation is 2. The van der Waals surface area contributed by atoms with E-state index < -0.39 is 0 Å². The first-order valence-electron chi connectivity index (χ1n) is 8.28. The predicted molar refractivity (Wildman–Crippen MR) is 95.5 cm³/mol. The van der Waals surface area contributed by atoms with Crippen molar-refractivity contribution in [2.45, 2.75) is 32.7 Å². The molecule has 7 heteroatoms. The molecule has 0 atom stereocenters. The maximum atomic E-state index is 12.8. The van der Waals surface area contributed by atoms with Crippen LogP contribution in [0.4, 0.5) is 0 Å². The zero-order chi connectivity index (χ0) is 16.8. The quantitative estimate of drug-likeness (QED) is 0.716. The summed E-state index contributed by atoms with van der Waals surface area (Å²) >= 11 is 1.67. The fourth-order valence-electron chi connectivity index (χ4n) is 3.52. The Morgan fingerprint density at radius 1 is 1.29 bits per heavy atom. The summed E-state index contributed by atoms with van der Waals surface area (Å²) < 4.78 is 4.31. The molecule has 4 heterocycles. The molecule has 0 radical (unpaired) electrons. The highest BCUT2D eigenvalue weighted by atomic mass is 32.1. The van der Waals surface area contributed by atoms with Crippen molar-refractivity contribution in [3.63, 3.8) is 0 Å². The molecule has 24 heavy (non-hydrogen) atoms. The molecule has 1 amide bonds. The van der Waals surface area contributed by atoms with E-state index in [1.54, 1.807) is 17.5 Å². The Morgan fingerprint density at radius 2 is 2.04 bits per heavy atom. The van der Waals surface area contributed by atoms with E-state index in [4.69, 9.17) is 0 Å². The highest BCUT2D eigenvalue weighted by molar-refractivity contribution is 7.20. The SMILES string of the molecule is Cc1cc2c(s1)c1cnn(CC(=O)N3CCCCC3)c(=O)c1n2C. The molecule has 0 N–H and O–H groups in total. The van der Waals surface area contributed by atoms with Gasteiger partial charge in [-0.3, -0.25) is 9.59 Å². The first-order valence-corrected chi connectivity index (χ1v) is 9.10. The summed E-state index contributed by atoms with van der Waals surface area (Å²) in [5.41, 5.74) is 1.48. The van der Waals surface area contributed by atoms with Crippen LogP contribution < -0.4 is 5.56 Å². The molecule has 6 nitrogen and oxygen atoms in total. The van der Waals surface area contributed by atoms with Gasteiger partial charge in [0.2, 0.25) is 5.91 Å². The molecule has 0 saturated carbocycles. The van der Waals surface area contributed by atoms with E-state index in [1.165, 1.54) is 16.0 Å². The number of piperidine rings is 1. The van der Waals surface area contributed by atoms with Gasteiger partial charge in [0.1, 0.15) is 12.1 Å². The molecule has 1 aliphatic heterocycles. The van der Waals surface area contributed by atoms with Gasteiger partial charge in [0.05, 0.1) is 16.4 Å². The molecule has 0 spiro atoms. The molecule has 3 aromatic heterocycles. The summed E-state index contributed by atoms with van der Waals surface area (Å²) in [6.45, 7) is 3.65. The Kier molecular flexibility index (Phi) is 3.68. The number of carbonyl (C=O) groups excluding carboxylic acids is 1. The summed E-state index contributed by atoms with van der Waals surface area (Å²) in [6.07, 6.45) is 4.98. The van der Waals surface area contributed by atoms with Crippen LogP contribution in [0.15, 0.2) is 17.1 Å². The molecule has 0 bridgehead atoms. The van der Waals surface area contributed by atoms with Crippen molar-refractivity contribution in [3.05, 3.63) is 27.5 Å². The van der Waals surface area contributed by atoms with Gasteiger partial charge in [-0.2, -0.15) is 5.10 Å². The third-order valence-corrected chi connectivity index (χ3v) is 5.86. The van der Waals surface area contributed by atoms with Gasteiger partial charge in [-0.05, 0) is 32.3 Å². The van der Waals surface area contributed by atoms with Gasteiger partial charge in [-0.25, -0.2) is 4.68 Å². The van der Waals surface area contributed by atoms with Crippen molar-refractivity contribution in [2.24, 2.45) is 7.05 Å². The smallest absolute Gasteiger partial charge is 0.291 e. The Balaban J connectivity index is 1.74. The van der Waals surface area contributed by atoms with Gasteiger partial charge in [-0.1, -0.05) is 0 Å². The van der Waals surface area contributed by atoms with Gasteiger partial charge >= 0.3 is 0 Å². The molecule has 1 saturated heterocycles. The van der Waals surface area contributed by atoms with Crippen LogP contribution in [0.3, 0.4) is 0 Å². The van der Waals surface area contributed by atoms with Crippen molar-refractivity contribution in [1.29, 1.82) is 0 Å². The highest BCUT2D eigenvalue weighted by Crippen LogP contribution is 2.32. The molecule has 126 valence electrons. The molecular weight excluding hydrogens is 324 g/mol. The summed E-state index contributed by atoms with van der Waals surface area (Å²) in [5, 5.41) is 5.14. The van der Waals surface area contributed by atoms with E-state index in [9.17, 15) is 9.59 Å². The molecule has 3 aromatic rings. The van der Waals surface area contributed by atoms with Crippen LogP contribution >= 0.6 is 11.3 Å². The van der Waals surface area contributed by atoms with Crippen LogP contribution in [0.5, 0.6) is 0 Å². The van der Waals surface area contributed by atoms with Gasteiger partial charge in [0.25, 0.3) is 5.56 Å². The minimum Gasteiger partial charge on any atom is -0.341 e. The van der Waals surface area contributed by atoms with Crippen LogP contribution in [-0.2, 0) is 18.4 Å². The summed E-state index contributed by atoms with van der Waals surface area (Å²) in [4.78, 5) is 28.3. The Labute approximate surface area is 143 Å². The lowest BCUT2D eigenvalue weighted by molar-refractivity contribution is -0.133. The average molecular weight is 344 g/mol. The second-order valence-electron chi connectivity index (χ2n) is 6.44. The Hall–Kier alpha value is -2.15. The van der Waals surface area contributed by atoms with Crippen LogP contribution in [0.1, 0.15) is 24.1 Å². The fourth-order valence-corrected chi connectivity index (χ4v) is 4.57. The maximum Gasteiger partial charge on any atom is 0.291 e. The summed E-state index contributed by atoms with van der Waals surface area (Å²) in [5.74, 6) is -0.0180. The summed E-state index contributed by atoms with van der Waals surface area (Å²) in [6, 6.07) is 2.09. The number of fused-ring (bicyclic) bond motifs is 3. The molecule has 0 aromatic carbocycles. The molecule has 1 aliphatic rings. The van der Waals surface area contributed by atoms with E-state index in [-0.39, 0.29) is 18.0 Å². The Morgan fingerprint density at radius 3 is 2.79 bits per heavy atom. The lowest BCUT2D eigenvalue weighted by atomic mass is 10.1. The lowest BCUT2D eigenvalue weighted by Crippen LogP contribution is -2.40. The largest absolute Gasteiger partial charge is 0.341 e. The van der Waals surface area contributed by atoms with Crippen molar-refractivity contribution >= 4 is 38.4 Å². The maximum absolute atomic E-state index is 12.8. The number of rotatable bonds is 2. The fraction of sp³-hybridized carbons (Fsp3) is 0.471. The number of hydrogen-bond donors (Lipinski definition) is 0. The van der Waals surface area contributed by atoms with E-state index in [0.717, 1.165) is 41.5 Å². The normalized spacial score (nSPS) is 15.5. The first-order chi connectivity index (χ1) is 11.6. The molecule has 0 unspecified atom stereocenters. The lowest BCUT2D eigenvalue weighted by Gasteiger charge is -2.26. The van der Waals surface area contributed by atoms with Crippen LogP contribution in [0.25, 0.3) is 21.1 Å². The monoisotopic (exact) mass is 344 g/mol. The standard InChI is InChI=1S/C17H20N4O2S/c1-11-8-13-16(24-11)12-9-18-21(17(23)15(12)19(13)2)10-14(22)20-6-4-3-5-7-20/h8-9H,3-7,10H2,1-2H3. The van der Waals surface area contributed by atoms with Gasteiger partial charge in [0.15, 0.2) is 0 Å². The number of amides is 1. The first kappa shape index (κ1) is 15.4. The topological polar surface area (TPSA) is 60.1 Å². The van der Waals surface area contributed by atoms with Crippen molar-refractivity contribution in [1.82, 2.24) is 19.2 Å². The minimum atomic E-state index is -0.193. The van der Waals surface area contributed by atoms with Gasteiger partial charge in [-0.15, -0.1) is 11.3 Å². The van der Waals surface area contributed by atoms with Crippen LogP contribution in [0, 0.1) is 6.92 Å². The number of thiophene rings is 1. The molecule has 0 aliphatic carbocycles. The van der Waals surface area contributed by atoms with Crippen molar-refractivity contribution < 1.29 is 4.79 Å². The second-order valence-corrected chi connectivity index (χ2v) is 7.70. The van der Waals surface area contributed by atoms with Gasteiger partial charge in [0, 0.05) is 30.4 Å². The zero-order valence-electron chi connectivity index (χ0n) is 13.9. The predicted octanol–water partition coefficient (Wildman–Crippen LogP) is 2.27. The van der Waals surface area contributed by atoms with E-state index in [2.05, 4.69) is 18.1 Å². The van der Waals surface area contributed by atoms with E-state index in [0.29, 0.717) is 5.52 Å². The third kappa shape index (κ3) is 2.34. The van der Waals surface area contributed by atoms with Crippen LogP contribution in [-0.4, -0.2) is 38.2 Å². The number of likely N-dealkylation sites (tertiary alicyclic amines) is 1.